The quantitative estimate of drug-likeness (QED) is 0.294. The lowest BCUT2D eigenvalue weighted by Crippen LogP contribution is -2.03. The zero-order valence-corrected chi connectivity index (χ0v) is 21.1. The van der Waals surface area contributed by atoms with Gasteiger partial charge in [-0.25, -0.2) is 0 Å². The van der Waals surface area contributed by atoms with Gasteiger partial charge >= 0.3 is 15.2 Å². The third-order valence-electron chi connectivity index (χ3n) is 3.73. The molecule has 0 fully saturated rings. The molecule has 0 radical (unpaired) electrons. The summed E-state index contributed by atoms with van der Waals surface area (Å²) in [5, 5.41) is 0. The minimum Gasteiger partial charge on any atom is -0.324 e. The highest BCUT2D eigenvalue weighted by Gasteiger charge is 2.27. The molecule has 0 bridgehead atoms. The smallest absolute Gasteiger partial charge is 0.324 e. The van der Waals surface area contributed by atoms with Crippen LogP contribution in [0, 0.1) is 0 Å². The van der Waals surface area contributed by atoms with Crippen LogP contribution in [-0.4, -0.2) is 39.8 Å². The van der Waals surface area contributed by atoms with Gasteiger partial charge in [0.15, 0.2) is 0 Å². The van der Waals surface area contributed by atoms with Crippen LogP contribution >= 0.6 is 22.3 Å². The van der Waals surface area contributed by atoms with Crippen LogP contribution in [0.1, 0.15) is 44.4 Å². The van der Waals surface area contributed by atoms with E-state index in [1.807, 2.05) is 18.2 Å². The zero-order valence-electron chi connectivity index (χ0n) is 18.4. The van der Waals surface area contributed by atoms with Gasteiger partial charge in [-0.05, 0) is 57.7 Å². The van der Waals surface area contributed by atoms with E-state index < -0.39 is 22.3 Å². The number of rotatable bonds is 14. The second-order valence-electron chi connectivity index (χ2n) is 7.10. The molecular formula is C19H35O7P3. The standard InChI is InChI=1S/C19H35O7P3/c1-7-23-28(21,24-8-2)15-18-11-17(14-27(5,6)20)12-19(13-18)16-29(22,25-9-3)26-10-4/h11-13H,7-10,14-16H2,1-6H3. The Morgan fingerprint density at radius 3 is 1.10 bits per heavy atom. The molecule has 168 valence electrons. The van der Waals surface area contributed by atoms with Gasteiger partial charge < -0.3 is 22.7 Å². The Labute approximate surface area is 175 Å². The molecule has 0 aliphatic heterocycles. The van der Waals surface area contributed by atoms with Crippen LogP contribution < -0.4 is 0 Å². The normalized spacial score (nSPS) is 13.0. The maximum Gasteiger partial charge on any atom is 0.335 e. The molecular weight excluding hydrogens is 433 g/mol. The Balaban J connectivity index is 3.33. The highest BCUT2D eigenvalue weighted by molar-refractivity contribution is 7.61. The predicted octanol–water partition coefficient (Wildman–Crippen LogP) is 6.34. The summed E-state index contributed by atoms with van der Waals surface area (Å²) in [6.07, 6.45) is 0.552. The van der Waals surface area contributed by atoms with Crippen LogP contribution in [0.25, 0.3) is 0 Å². The van der Waals surface area contributed by atoms with E-state index in [-0.39, 0.29) is 38.8 Å². The lowest BCUT2D eigenvalue weighted by atomic mass is 10.1. The molecule has 0 saturated carbocycles. The summed E-state index contributed by atoms with van der Waals surface area (Å²) in [4.78, 5) is 0. The van der Waals surface area contributed by atoms with Gasteiger partial charge in [-0.1, -0.05) is 18.2 Å². The number of hydrogen-bond acceptors (Lipinski definition) is 7. The van der Waals surface area contributed by atoms with E-state index in [9.17, 15) is 13.7 Å². The highest BCUT2D eigenvalue weighted by Crippen LogP contribution is 2.54. The van der Waals surface area contributed by atoms with E-state index in [2.05, 4.69) is 0 Å². The predicted molar refractivity (Wildman–Crippen MR) is 119 cm³/mol. The van der Waals surface area contributed by atoms with Gasteiger partial charge in [0.1, 0.15) is 0 Å². The topological polar surface area (TPSA) is 88.1 Å². The Morgan fingerprint density at radius 2 is 0.862 bits per heavy atom. The number of benzene rings is 1. The van der Waals surface area contributed by atoms with Gasteiger partial charge in [-0.2, -0.15) is 0 Å². The summed E-state index contributed by atoms with van der Waals surface area (Å²) < 4.78 is 60.0. The molecule has 10 heteroatoms. The van der Waals surface area contributed by atoms with Crippen molar-refractivity contribution >= 4 is 22.3 Å². The molecule has 0 aliphatic rings. The largest absolute Gasteiger partial charge is 0.335 e. The molecule has 29 heavy (non-hydrogen) atoms. The molecule has 0 atom stereocenters. The Kier molecular flexibility index (Phi) is 11.0. The molecule has 0 saturated heterocycles. The lowest BCUT2D eigenvalue weighted by Gasteiger charge is -2.20. The monoisotopic (exact) mass is 468 g/mol. The summed E-state index contributed by atoms with van der Waals surface area (Å²) in [5.41, 5.74) is 2.26. The SMILES string of the molecule is CCOP(=O)(Cc1cc(CP(C)(C)=O)cc(CP(=O)(OCC)OCC)c1)OCC. The molecule has 0 heterocycles. The van der Waals surface area contributed by atoms with Crippen LogP contribution in [0.5, 0.6) is 0 Å². The van der Waals surface area contributed by atoms with E-state index in [1.165, 1.54) is 0 Å². The fourth-order valence-corrected chi connectivity index (χ4v) is 7.45. The first-order valence-electron chi connectivity index (χ1n) is 9.90. The van der Waals surface area contributed by atoms with Crippen molar-refractivity contribution in [2.24, 2.45) is 0 Å². The van der Waals surface area contributed by atoms with Crippen molar-refractivity contribution in [3.63, 3.8) is 0 Å². The van der Waals surface area contributed by atoms with Crippen LogP contribution in [0.15, 0.2) is 18.2 Å². The first-order chi connectivity index (χ1) is 13.5. The van der Waals surface area contributed by atoms with Crippen molar-refractivity contribution in [1.29, 1.82) is 0 Å². The van der Waals surface area contributed by atoms with Crippen molar-refractivity contribution < 1.29 is 31.8 Å². The van der Waals surface area contributed by atoms with Crippen molar-refractivity contribution in [3.05, 3.63) is 34.9 Å². The minimum atomic E-state index is -3.31. The maximum absolute atomic E-state index is 13.0. The summed E-state index contributed by atoms with van der Waals surface area (Å²) in [6, 6.07) is 5.54. The molecule has 7 nitrogen and oxygen atoms in total. The second kappa shape index (κ2) is 12.0. The Hall–Kier alpha value is -0.250. The van der Waals surface area contributed by atoms with E-state index >= 15 is 0 Å². The van der Waals surface area contributed by atoms with Crippen LogP contribution in [-0.2, 0) is 50.3 Å². The first-order valence-corrected chi connectivity index (χ1v) is 16.1. The van der Waals surface area contributed by atoms with Gasteiger partial charge in [0.25, 0.3) is 0 Å². The van der Waals surface area contributed by atoms with Gasteiger partial charge in [0, 0.05) is 6.16 Å². The Morgan fingerprint density at radius 1 is 0.586 bits per heavy atom. The van der Waals surface area contributed by atoms with Crippen LogP contribution in [0.2, 0.25) is 0 Å². The van der Waals surface area contributed by atoms with Crippen molar-refractivity contribution in [1.82, 2.24) is 0 Å². The van der Waals surface area contributed by atoms with Gasteiger partial charge in [-0.3, -0.25) is 9.13 Å². The molecule has 0 amide bonds. The van der Waals surface area contributed by atoms with Crippen molar-refractivity contribution in [2.75, 3.05) is 39.8 Å². The molecule has 1 rings (SSSR count). The fourth-order valence-electron chi connectivity index (χ4n) is 3.04. The van der Waals surface area contributed by atoms with Gasteiger partial charge in [0.2, 0.25) is 0 Å². The zero-order chi connectivity index (χ0) is 22.1. The van der Waals surface area contributed by atoms with E-state index in [4.69, 9.17) is 18.1 Å². The summed E-state index contributed by atoms with van der Waals surface area (Å²) in [6.45, 7) is 11.6. The van der Waals surface area contributed by atoms with E-state index in [1.54, 1.807) is 41.0 Å². The average Bonchev–Trinajstić information content (AvgIpc) is 2.53. The molecule has 1 aromatic carbocycles. The summed E-state index contributed by atoms with van der Waals surface area (Å²) in [5.74, 6) is 0. The van der Waals surface area contributed by atoms with Crippen LogP contribution in [0.3, 0.4) is 0 Å². The molecule has 0 aliphatic carbocycles. The molecule has 0 unspecified atom stereocenters. The fraction of sp³-hybridized carbons (Fsp3) is 0.684. The van der Waals surface area contributed by atoms with Crippen LogP contribution in [0.4, 0.5) is 0 Å². The van der Waals surface area contributed by atoms with E-state index in [0.29, 0.717) is 6.16 Å². The van der Waals surface area contributed by atoms with Gasteiger partial charge in [-0.15, -0.1) is 0 Å². The second-order valence-corrected chi connectivity index (χ2v) is 14.7. The molecule has 0 aromatic heterocycles. The van der Waals surface area contributed by atoms with Crippen molar-refractivity contribution in [3.8, 4) is 0 Å². The summed E-state index contributed by atoms with van der Waals surface area (Å²) >= 11 is 0. The third-order valence-corrected chi connectivity index (χ3v) is 8.97. The molecule has 0 N–H and O–H groups in total. The lowest BCUT2D eigenvalue weighted by molar-refractivity contribution is 0.218. The minimum absolute atomic E-state index is 0.0841. The maximum atomic E-state index is 13.0. The van der Waals surface area contributed by atoms with Crippen molar-refractivity contribution in [2.45, 2.75) is 46.2 Å². The highest BCUT2D eigenvalue weighted by atomic mass is 31.2. The van der Waals surface area contributed by atoms with E-state index in [0.717, 1.165) is 16.7 Å². The molecule has 1 aromatic rings. The first kappa shape index (κ1) is 26.8. The molecule has 0 spiro atoms. The number of hydrogen-bond donors (Lipinski definition) is 0. The summed E-state index contributed by atoms with van der Waals surface area (Å²) in [7, 11) is -8.96. The third kappa shape index (κ3) is 10.1. The average molecular weight is 468 g/mol. The Bertz CT molecular complexity index is 718. The van der Waals surface area contributed by atoms with Gasteiger partial charge in [0.05, 0.1) is 45.9 Å².